The summed E-state index contributed by atoms with van der Waals surface area (Å²) in [5.41, 5.74) is 4.72. The minimum atomic E-state index is -1.77. The van der Waals surface area contributed by atoms with Crippen molar-refractivity contribution < 1.29 is 23.8 Å². The number of carbonyl (C=O) groups is 2. The van der Waals surface area contributed by atoms with Gasteiger partial charge in [-0.3, -0.25) is 4.79 Å². The van der Waals surface area contributed by atoms with E-state index in [4.69, 9.17) is 19.9 Å². The van der Waals surface area contributed by atoms with Gasteiger partial charge >= 0.3 is 11.8 Å². The highest BCUT2D eigenvalue weighted by molar-refractivity contribution is 6.16. The van der Waals surface area contributed by atoms with Crippen LogP contribution >= 0.6 is 0 Å². The zero-order valence-electron chi connectivity index (χ0n) is 13.6. The highest BCUT2D eigenvalue weighted by atomic mass is 16.7. The Morgan fingerprint density at radius 2 is 2.08 bits per heavy atom. The number of hydrogen-bond acceptors (Lipinski definition) is 7. The van der Waals surface area contributed by atoms with Crippen LogP contribution in [-0.2, 0) is 24.8 Å². The van der Waals surface area contributed by atoms with Crippen LogP contribution in [-0.4, -0.2) is 18.4 Å². The summed E-state index contributed by atoms with van der Waals surface area (Å²) in [6.07, 6.45) is 0. The van der Waals surface area contributed by atoms with E-state index in [0.717, 1.165) is 0 Å². The highest BCUT2D eigenvalue weighted by Gasteiger charge is 2.80. The van der Waals surface area contributed by atoms with Gasteiger partial charge in [0.05, 0.1) is 6.61 Å². The van der Waals surface area contributed by atoms with Gasteiger partial charge in [0.2, 0.25) is 5.88 Å². The van der Waals surface area contributed by atoms with Gasteiger partial charge in [-0.1, -0.05) is 24.3 Å². The van der Waals surface area contributed by atoms with Crippen LogP contribution in [0.3, 0.4) is 0 Å². The fraction of sp³-hybridized carbons (Fsp3) is 0.278. The zero-order valence-corrected chi connectivity index (χ0v) is 13.6. The number of ether oxygens (including phenoxy) is 3. The Hall–Kier alpha value is -3.27. The first-order valence-electron chi connectivity index (χ1n) is 7.76. The van der Waals surface area contributed by atoms with Crippen molar-refractivity contribution in [2.75, 3.05) is 6.61 Å². The summed E-state index contributed by atoms with van der Waals surface area (Å²) >= 11 is 0. The van der Waals surface area contributed by atoms with Gasteiger partial charge in [0.15, 0.2) is 11.2 Å². The molecule has 3 aliphatic rings. The number of allylic oxidation sites excluding steroid dienone is 1. The molecule has 2 aliphatic heterocycles. The van der Waals surface area contributed by atoms with Crippen LogP contribution in [0.5, 0.6) is 0 Å². The van der Waals surface area contributed by atoms with Crippen molar-refractivity contribution in [1.29, 1.82) is 5.26 Å². The maximum absolute atomic E-state index is 13.4. The lowest BCUT2D eigenvalue weighted by Gasteiger charge is -2.31. The molecule has 126 valence electrons. The number of rotatable bonds is 2. The summed E-state index contributed by atoms with van der Waals surface area (Å²) < 4.78 is 16.8. The fourth-order valence-corrected chi connectivity index (χ4v) is 4.05. The molecular formula is C18H14N2O5. The largest absolute Gasteiger partial charge is 0.462 e. The van der Waals surface area contributed by atoms with Crippen LogP contribution in [0.2, 0.25) is 0 Å². The number of nitrogens with two attached hydrogens (primary N) is 1. The number of carbonyl (C=O) groups excluding carboxylic acids is 2. The first-order chi connectivity index (χ1) is 12.0. The Morgan fingerprint density at radius 1 is 1.36 bits per heavy atom. The predicted octanol–water partition coefficient (Wildman–Crippen LogP) is 1.61. The van der Waals surface area contributed by atoms with Crippen LogP contribution in [0.1, 0.15) is 29.8 Å². The first-order valence-corrected chi connectivity index (χ1v) is 7.76. The molecule has 1 aromatic rings. The number of hydrogen-bond donors (Lipinski definition) is 1. The number of ketones is 1. The Balaban J connectivity index is 2.09. The lowest BCUT2D eigenvalue weighted by Crippen LogP contribution is -2.45. The summed E-state index contributed by atoms with van der Waals surface area (Å²) in [5.74, 6) is -2.91. The van der Waals surface area contributed by atoms with E-state index in [1.807, 2.05) is 6.07 Å². The van der Waals surface area contributed by atoms with Gasteiger partial charge in [-0.05, 0) is 13.8 Å². The number of esters is 1. The fourth-order valence-electron chi connectivity index (χ4n) is 4.05. The molecule has 1 aromatic carbocycles. The molecule has 0 saturated heterocycles. The van der Waals surface area contributed by atoms with E-state index >= 15 is 0 Å². The molecule has 1 aliphatic carbocycles. The Labute approximate surface area is 143 Å². The lowest BCUT2D eigenvalue weighted by atomic mass is 9.69. The Kier molecular flexibility index (Phi) is 2.83. The topological polar surface area (TPSA) is 112 Å². The monoisotopic (exact) mass is 338 g/mol. The van der Waals surface area contributed by atoms with E-state index in [9.17, 15) is 14.9 Å². The summed E-state index contributed by atoms with van der Waals surface area (Å²) in [6.45, 7) is 3.31. The van der Waals surface area contributed by atoms with E-state index in [1.165, 1.54) is 0 Å². The van der Waals surface area contributed by atoms with E-state index in [0.29, 0.717) is 11.1 Å². The van der Waals surface area contributed by atoms with E-state index in [1.54, 1.807) is 38.1 Å². The zero-order chi connectivity index (χ0) is 18.0. The Morgan fingerprint density at radius 3 is 2.76 bits per heavy atom. The van der Waals surface area contributed by atoms with Crippen LogP contribution in [0.25, 0.3) is 0 Å². The molecule has 0 amide bonds. The van der Waals surface area contributed by atoms with Crippen molar-refractivity contribution in [1.82, 2.24) is 0 Å². The van der Waals surface area contributed by atoms with Crippen LogP contribution in [0, 0.1) is 16.7 Å². The van der Waals surface area contributed by atoms with E-state index in [2.05, 4.69) is 0 Å². The number of fused-ring (bicyclic) bond motifs is 1. The summed E-state index contributed by atoms with van der Waals surface area (Å²) in [7, 11) is 0. The second-order valence-electron chi connectivity index (χ2n) is 5.95. The third-order valence-corrected chi connectivity index (χ3v) is 4.85. The molecule has 2 atom stereocenters. The molecule has 7 nitrogen and oxygen atoms in total. The average molecular weight is 338 g/mol. The molecule has 2 heterocycles. The van der Waals surface area contributed by atoms with E-state index < -0.39 is 23.0 Å². The van der Waals surface area contributed by atoms with Gasteiger partial charge in [0, 0.05) is 11.1 Å². The van der Waals surface area contributed by atoms with Crippen molar-refractivity contribution in [2.45, 2.75) is 19.6 Å². The number of benzene rings is 1. The van der Waals surface area contributed by atoms with Gasteiger partial charge in [-0.25, -0.2) is 4.79 Å². The molecule has 0 unspecified atom stereocenters. The van der Waals surface area contributed by atoms with Crippen molar-refractivity contribution in [3.63, 3.8) is 0 Å². The van der Waals surface area contributed by atoms with Gasteiger partial charge < -0.3 is 19.9 Å². The van der Waals surface area contributed by atoms with Crippen molar-refractivity contribution >= 4 is 11.8 Å². The average Bonchev–Trinajstić information content (AvgIpc) is 3.05. The molecule has 0 radical (unpaired) electrons. The Bertz CT molecular complexity index is 954. The molecule has 0 saturated carbocycles. The SMILES string of the molecule is CCOC(=O)C1=C(C)O[C@]23OC(N)=C(C#N)[C@]12C(=O)c1ccccc13. The number of nitrogens with zero attached hydrogens (tertiary/aromatic N) is 1. The van der Waals surface area contributed by atoms with Crippen LogP contribution < -0.4 is 5.73 Å². The number of nitriles is 1. The minimum absolute atomic E-state index is 0.0347. The standard InChI is InChI=1S/C18H14N2O5/c1-3-23-16(22)13-9(2)24-18-11-7-5-4-6-10(11)14(21)17(13,18)12(8-19)15(20)25-18/h4-7H,3,20H2,1-2H3/t17-,18-/m1/s1. The number of Topliss-reactive ketones (excluding diaryl/α,β-unsaturated/α-hetero) is 1. The third kappa shape index (κ3) is 1.41. The van der Waals surface area contributed by atoms with Crippen molar-refractivity contribution in [3.05, 3.63) is 58.2 Å². The third-order valence-electron chi connectivity index (χ3n) is 4.85. The van der Waals surface area contributed by atoms with Gasteiger partial charge in [0.25, 0.3) is 0 Å². The highest BCUT2D eigenvalue weighted by Crippen LogP contribution is 2.69. The molecule has 4 rings (SSSR count). The van der Waals surface area contributed by atoms with E-state index in [-0.39, 0.29) is 29.4 Å². The quantitative estimate of drug-likeness (QED) is 0.815. The smallest absolute Gasteiger partial charge is 0.339 e. The van der Waals surface area contributed by atoms with Crippen molar-refractivity contribution in [3.8, 4) is 6.07 Å². The first kappa shape index (κ1) is 15.3. The van der Waals surface area contributed by atoms with Gasteiger partial charge in [-0.2, -0.15) is 5.26 Å². The van der Waals surface area contributed by atoms with Gasteiger partial charge in [-0.15, -0.1) is 0 Å². The van der Waals surface area contributed by atoms with Gasteiger partial charge in [0.1, 0.15) is 23.0 Å². The molecule has 0 bridgehead atoms. The molecule has 7 heteroatoms. The molecule has 0 spiro atoms. The molecular weight excluding hydrogens is 324 g/mol. The molecule has 0 fully saturated rings. The second-order valence-corrected chi connectivity index (χ2v) is 5.95. The predicted molar refractivity (Wildman–Crippen MR) is 83.2 cm³/mol. The van der Waals surface area contributed by atoms with Crippen molar-refractivity contribution in [2.24, 2.45) is 11.1 Å². The normalized spacial score (nSPS) is 28.8. The lowest BCUT2D eigenvalue weighted by molar-refractivity contribution is -0.199. The van der Waals surface area contributed by atoms with Crippen LogP contribution in [0.15, 0.2) is 47.1 Å². The minimum Gasteiger partial charge on any atom is -0.462 e. The molecule has 2 N–H and O–H groups in total. The summed E-state index contributed by atoms with van der Waals surface area (Å²) in [4.78, 5) is 26.1. The molecule has 0 aromatic heterocycles. The summed E-state index contributed by atoms with van der Waals surface area (Å²) in [6, 6.07) is 8.64. The summed E-state index contributed by atoms with van der Waals surface area (Å²) in [5, 5.41) is 9.68. The maximum Gasteiger partial charge on any atom is 0.339 e. The second kappa shape index (κ2) is 4.63. The maximum atomic E-state index is 13.4. The molecule has 25 heavy (non-hydrogen) atoms. The van der Waals surface area contributed by atoms with Crippen LogP contribution in [0.4, 0.5) is 0 Å².